The number of carbonyl (C=O) groups is 1. The molecule has 2 heterocycles. The van der Waals surface area contributed by atoms with Crippen molar-refractivity contribution in [2.75, 3.05) is 6.61 Å². The van der Waals surface area contributed by atoms with Gasteiger partial charge in [0.2, 0.25) is 0 Å². The Morgan fingerprint density at radius 3 is 3.17 bits per heavy atom. The minimum absolute atomic E-state index is 0.0433. The van der Waals surface area contributed by atoms with Crippen molar-refractivity contribution in [1.29, 1.82) is 0 Å². The van der Waals surface area contributed by atoms with Gasteiger partial charge in [-0.15, -0.1) is 0 Å². The molecule has 0 amide bonds. The fraction of sp³-hybridized carbons (Fsp3) is 0.625. The number of ether oxygens (including phenoxy) is 3. The lowest BCUT2D eigenvalue weighted by Crippen LogP contribution is -2.32. The largest absolute Gasteiger partial charge is 0.453 e. The Labute approximate surface area is 70.1 Å². The summed E-state index contributed by atoms with van der Waals surface area (Å²) in [6.45, 7) is 1.92. The molecule has 1 fully saturated rings. The Morgan fingerprint density at radius 1 is 1.58 bits per heavy atom. The Bertz CT molecular complexity index is 223. The van der Waals surface area contributed by atoms with Crippen molar-refractivity contribution >= 4 is 5.97 Å². The van der Waals surface area contributed by atoms with Crippen LogP contribution in [0.3, 0.4) is 0 Å². The minimum atomic E-state index is -0.399. The van der Waals surface area contributed by atoms with Crippen LogP contribution in [0.25, 0.3) is 0 Å². The summed E-state index contributed by atoms with van der Waals surface area (Å²) < 4.78 is 15.5. The van der Waals surface area contributed by atoms with Crippen molar-refractivity contribution in [3.05, 3.63) is 12.2 Å². The average molecular weight is 170 g/mol. The molecule has 2 aliphatic heterocycles. The van der Waals surface area contributed by atoms with Crippen molar-refractivity contribution in [3.8, 4) is 0 Å². The Kier molecular flexibility index (Phi) is 1.86. The van der Waals surface area contributed by atoms with Gasteiger partial charge in [-0.1, -0.05) is 6.08 Å². The van der Waals surface area contributed by atoms with E-state index in [4.69, 9.17) is 14.2 Å². The maximum absolute atomic E-state index is 10.6. The first kappa shape index (κ1) is 7.76. The molecule has 2 rings (SSSR count). The number of fused-ring (bicyclic) bond motifs is 2. The molecule has 0 aromatic rings. The highest BCUT2D eigenvalue weighted by Gasteiger charge is 2.35. The second-order valence-electron chi connectivity index (χ2n) is 2.84. The molecule has 3 atom stereocenters. The fourth-order valence-corrected chi connectivity index (χ4v) is 1.32. The van der Waals surface area contributed by atoms with Gasteiger partial charge in [-0.05, 0) is 6.08 Å². The van der Waals surface area contributed by atoms with Crippen LogP contribution in [-0.2, 0) is 19.0 Å². The van der Waals surface area contributed by atoms with E-state index in [1.807, 2.05) is 12.2 Å². The van der Waals surface area contributed by atoms with E-state index in [0.29, 0.717) is 6.61 Å². The summed E-state index contributed by atoms with van der Waals surface area (Å²) in [6, 6.07) is 0. The molecule has 4 heteroatoms. The van der Waals surface area contributed by atoms with Gasteiger partial charge in [0.15, 0.2) is 12.4 Å². The average Bonchev–Trinajstić information content (AvgIpc) is 2.39. The quantitative estimate of drug-likeness (QED) is 0.417. The van der Waals surface area contributed by atoms with Gasteiger partial charge in [-0.25, -0.2) is 0 Å². The second-order valence-corrected chi connectivity index (χ2v) is 2.84. The molecule has 0 spiro atoms. The molecule has 3 unspecified atom stereocenters. The van der Waals surface area contributed by atoms with Crippen LogP contribution in [0.5, 0.6) is 0 Å². The predicted molar refractivity (Wildman–Crippen MR) is 39.3 cm³/mol. The molecule has 0 saturated carbocycles. The molecule has 0 radical (unpaired) electrons. The van der Waals surface area contributed by atoms with Crippen LogP contribution < -0.4 is 0 Å². The number of hydrogen-bond acceptors (Lipinski definition) is 4. The van der Waals surface area contributed by atoms with Gasteiger partial charge in [0.25, 0.3) is 0 Å². The lowest BCUT2D eigenvalue weighted by molar-refractivity contribution is -0.167. The molecular formula is C8H10O4. The summed E-state index contributed by atoms with van der Waals surface area (Å²) in [6.07, 6.45) is 2.94. The summed E-state index contributed by atoms with van der Waals surface area (Å²) >= 11 is 0. The smallest absolute Gasteiger partial charge is 0.303 e. The molecule has 2 aliphatic rings. The Morgan fingerprint density at radius 2 is 2.42 bits per heavy atom. The monoisotopic (exact) mass is 170 g/mol. The van der Waals surface area contributed by atoms with Crippen LogP contribution in [0.15, 0.2) is 12.2 Å². The van der Waals surface area contributed by atoms with Gasteiger partial charge < -0.3 is 14.2 Å². The first-order valence-electron chi connectivity index (χ1n) is 3.88. The van der Waals surface area contributed by atoms with Crippen LogP contribution in [0.4, 0.5) is 0 Å². The molecule has 0 aromatic heterocycles. The maximum atomic E-state index is 10.6. The molecule has 4 nitrogen and oxygen atoms in total. The number of hydrogen-bond donors (Lipinski definition) is 0. The highest BCUT2D eigenvalue weighted by molar-refractivity contribution is 5.66. The van der Waals surface area contributed by atoms with E-state index in [1.165, 1.54) is 6.92 Å². The molecule has 0 aromatic carbocycles. The van der Waals surface area contributed by atoms with Gasteiger partial charge in [0.1, 0.15) is 6.10 Å². The van der Waals surface area contributed by atoms with Crippen molar-refractivity contribution in [3.63, 3.8) is 0 Å². The molecule has 66 valence electrons. The molecule has 1 saturated heterocycles. The zero-order valence-electron chi connectivity index (χ0n) is 6.73. The maximum Gasteiger partial charge on any atom is 0.303 e. The molecule has 0 N–H and O–H groups in total. The van der Waals surface area contributed by atoms with Crippen LogP contribution in [-0.4, -0.2) is 31.1 Å². The van der Waals surface area contributed by atoms with Crippen LogP contribution >= 0.6 is 0 Å². The summed E-state index contributed by atoms with van der Waals surface area (Å²) in [7, 11) is 0. The highest BCUT2D eigenvalue weighted by Crippen LogP contribution is 2.23. The zero-order chi connectivity index (χ0) is 8.55. The van der Waals surface area contributed by atoms with E-state index in [-0.39, 0.29) is 18.2 Å². The molecule has 12 heavy (non-hydrogen) atoms. The fourth-order valence-electron chi connectivity index (χ4n) is 1.32. The van der Waals surface area contributed by atoms with Gasteiger partial charge in [0.05, 0.1) is 6.61 Å². The first-order valence-corrected chi connectivity index (χ1v) is 3.88. The van der Waals surface area contributed by atoms with Crippen LogP contribution in [0.1, 0.15) is 6.92 Å². The van der Waals surface area contributed by atoms with Crippen molar-refractivity contribution in [1.82, 2.24) is 0 Å². The van der Waals surface area contributed by atoms with Crippen molar-refractivity contribution < 1.29 is 19.0 Å². The Balaban J connectivity index is 2.02. The molecular weight excluding hydrogens is 160 g/mol. The van der Waals surface area contributed by atoms with E-state index in [2.05, 4.69) is 0 Å². The second kappa shape index (κ2) is 2.88. The van der Waals surface area contributed by atoms with Crippen LogP contribution in [0.2, 0.25) is 0 Å². The minimum Gasteiger partial charge on any atom is -0.453 e. The third-order valence-electron chi connectivity index (χ3n) is 1.82. The van der Waals surface area contributed by atoms with Crippen LogP contribution in [0, 0.1) is 0 Å². The van der Waals surface area contributed by atoms with Gasteiger partial charge in [-0.3, -0.25) is 4.79 Å². The van der Waals surface area contributed by atoms with E-state index in [0.717, 1.165) is 0 Å². The summed E-state index contributed by atoms with van der Waals surface area (Å²) in [5, 5.41) is 0. The van der Waals surface area contributed by atoms with E-state index in [9.17, 15) is 4.79 Å². The summed E-state index contributed by atoms with van der Waals surface area (Å²) in [5.41, 5.74) is 0. The number of esters is 1. The first-order chi connectivity index (χ1) is 5.75. The third kappa shape index (κ3) is 1.35. The molecule has 2 bridgehead atoms. The summed E-state index contributed by atoms with van der Waals surface area (Å²) in [4.78, 5) is 10.6. The summed E-state index contributed by atoms with van der Waals surface area (Å²) in [5.74, 6) is -0.317. The lowest BCUT2D eigenvalue weighted by Gasteiger charge is -2.21. The predicted octanol–water partition coefficient (Wildman–Crippen LogP) is 0.229. The van der Waals surface area contributed by atoms with Crippen molar-refractivity contribution in [2.45, 2.75) is 25.4 Å². The SMILES string of the molecule is CC(=O)OC1C=CC2COC1O2. The topological polar surface area (TPSA) is 44.8 Å². The highest BCUT2D eigenvalue weighted by atomic mass is 16.7. The van der Waals surface area contributed by atoms with E-state index < -0.39 is 6.29 Å². The van der Waals surface area contributed by atoms with Gasteiger partial charge >= 0.3 is 5.97 Å². The lowest BCUT2D eigenvalue weighted by atomic mass is 10.2. The van der Waals surface area contributed by atoms with Gasteiger partial charge in [-0.2, -0.15) is 0 Å². The number of carbonyl (C=O) groups excluding carboxylic acids is 1. The van der Waals surface area contributed by atoms with Gasteiger partial charge in [0, 0.05) is 6.92 Å². The third-order valence-corrected chi connectivity index (χ3v) is 1.82. The van der Waals surface area contributed by atoms with E-state index in [1.54, 1.807) is 0 Å². The standard InChI is InChI=1S/C8H10O4/c1-5(9)11-7-3-2-6-4-10-8(7)12-6/h2-3,6-8H,4H2,1H3. The normalized spacial score (nSPS) is 38.2. The number of rotatable bonds is 1. The van der Waals surface area contributed by atoms with Crippen molar-refractivity contribution in [2.24, 2.45) is 0 Å². The Hall–Kier alpha value is -0.870. The van der Waals surface area contributed by atoms with E-state index >= 15 is 0 Å². The zero-order valence-corrected chi connectivity index (χ0v) is 6.73. The molecule has 0 aliphatic carbocycles.